The number of nitrogens with zero attached hydrogens (tertiary/aromatic N) is 3. The summed E-state index contributed by atoms with van der Waals surface area (Å²) in [4.78, 5) is 29.7. The fourth-order valence-electron chi connectivity index (χ4n) is 2.37. The van der Waals surface area contributed by atoms with Gasteiger partial charge in [0.2, 0.25) is 11.8 Å². The summed E-state index contributed by atoms with van der Waals surface area (Å²) in [6.07, 6.45) is 2.10. The van der Waals surface area contributed by atoms with Gasteiger partial charge in [0.1, 0.15) is 0 Å². The van der Waals surface area contributed by atoms with Crippen molar-refractivity contribution in [3.63, 3.8) is 0 Å². The minimum absolute atomic E-state index is 0.0217. The number of amides is 2. The number of aryl methyl sites for hydroxylation is 1. The quantitative estimate of drug-likeness (QED) is 0.841. The molecular weight excluding hydrogens is 280 g/mol. The lowest BCUT2D eigenvalue weighted by atomic mass is 10.3. The molecule has 1 N–H and O–H groups in total. The lowest BCUT2D eigenvalue weighted by molar-refractivity contribution is -0.136. The second-order valence-corrected chi connectivity index (χ2v) is 5.04. The number of fused-ring (bicyclic) bond motifs is 1. The lowest BCUT2D eigenvalue weighted by Gasteiger charge is -2.20. The number of para-hydroxylation sites is 2. The summed E-state index contributed by atoms with van der Waals surface area (Å²) in [5, 5.41) is 2.71. The van der Waals surface area contributed by atoms with Crippen molar-refractivity contribution in [1.29, 1.82) is 0 Å². The van der Waals surface area contributed by atoms with Crippen LogP contribution in [0.1, 0.15) is 20.3 Å². The molecule has 0 saturated heterocycles. The Morgan fingerprint density at radius 1 is 1.27 bits per heavy atom. The average Bonchev–Trinajstić information content (AvgIpc) is 2.94. The molecule has 2 aromatic rings. The van der Waals surface area contributed by atoms with Crippen molar-refractivity contribution in [1.82, 2.24) is 19.8 Å². The Morgan fingerprint density at radius 2 is 2.05 bits per heavy atom. The van der Waals surface area contributed by atoms with Crippen LogP contribution in [0.15, 0.2) is 30.6 Å². The van der Waals surface area contributed by atoms with Crippen LogP contribution >= 0.6 is 0 Å². The maximum absolute atomic E-state index is 12.3. The highest BCUT2D eigenvalue weighted by Gasteiger charge is 2.15. The van der Waals surface area contributed by atoms with Crippen LogP contribution < -0.4 is 5.32 Å². The summed E-state index contributed by atoms with van der Waals surface area (Å²) in [6, 6.07) is 7.83. The molecular formula is C16H22N4O2. The van der Waals surface area contributed by atoms with Crippen LogP contribution in [0.4, 0.5) is 0 Å². The number of rotatable bonds is 7. The highest BCUT2D eigenvalue weighted by atomic mass is 16.2. The van der Waals surface area contributed by atoms with Gasteiger partial charge in [0.15, 0.2) is 0 Å². The van der Waals surface area contributed by atoms with E-state index in [4.69, 9.17) is 0 Å². The first-order valence-electron chi connectivity index (χ1n) is 7.60. The predicted octanol–water partition coefficient (Wildman–Crippen LogP) is 1.41. The molecule has 1 heterocycles. The van der Waals surface area contributed by atoms with Gasteiger partial charge in [0.05, 0.1) is 23.9 Å². The van der Waals surface area contributed by atoms with E-state index in [1.807, 2.05) is 42.7 Å². The zero-order valence-corrected chi connectivity index (χ0v) is 13.1. The number of carbonyl (C=O) groups is 2. The molecule has 6 nitrogen and oxygen atoms in total. The molecule has 0 saturated carbocycles. The lowest BCUT2D eigenvalue weighted by Crippen LogP contribution is -2.40. The first kappa shape index (κ1) is 16.0. The van der Waals surface area contributed by atoms with Gasteiger partial charge in [-0.1, -0.05) is 12.1 Å². The van der Waals surface area contributed by atoms with Crippen LogP contribution in [-0.4, -0.2) is 45.9 Å². The molecule has 0 bridgehead atoms. The first-order valence-corrected chi connectivity index (χ1v) is 7.60. The van der Waals surface area contributed by atoms with E-state index >= 15 is 0 Å². The van der Waals surface area contributed by atoms with Crippen molar-refractivity contribution in [3.05, 3.63) is 30.6 Å². The first-order chi connectivity index (χ1) is 10.7. The molecule has 6 heteroatoms. The van der Waals surface area contributed by atoms with E-state index in [-0.39, 0.29) is 18.4 Å². The SMILES string of the molecule is CCNC(=O)CN(CC)C(=O)CCn1cnc2ccccc21. The molecule has 118 valence electrons. The molecule has 0 atom stereocenters. The number of imidazole rings is 1. The number of nitrogens with one attached hydrogen (secondary N) is 1. The van der Waals surface area contributed by atoms with E-state index < -0.39 is 0 Å². The molecule has 2 amide bonds. The normalized spacial score (nSPS) is 10.6. The van der Waals surface area contributed by atoms with Crippen LogP contribution in [0.25, 0.3) is 11.0 Å². The highest BCUT2D eigenvalue weighted by Crippen LogP contribution is 2.12. The van der Waals surface area contributed by atoms with Gasteiger partial charge in [-0.15, -0.1) is 0 Å². The van der Waals surface area contributed by atoms with Crippen molar-refractivity contribution in [2.75, 3.05) is 19.6 Å². The Morgan fingerprint density at radius 3 is 2.77 bits per heavy atom. The Bertz CT molecular complexity index is 650. The zero-order valence-electron chi connectivity index (χ0n) is 13.1. The van der Waals surface area contributed by atoms with Crippen LogP contribution in [0.5, 0.6) is 0 Å². The van der Waals surface area contributed by atoms with Crippen molar-refractivity contribution in [2.24, 2.45) is 0 Å². The fourth-order valence-corrected chi connectivity index (χ4v) is 2.37. The molecule has 0 radical (unpaired) electrons. The summed E-state index contributed by atoms with van der Waals surface area (Å²) >= 11 is 0. The van der Waals surface area contributed by atoms with Gasteiger partial charge in [0.25, 0.3) is 0 Å². The molecule has 0 aliphatic heterocycles. The number of likely N-dealkylation sites (N-methyl/N-ethyl adjacent to an activating group) is 2. The van der Waals surface area contributed by atoms with E-state index in [1.165, 1.54) is 0 Å². The van der Waals surface area contributed by atoms with E-state index in [0.717, 1.165) is 11.0 Å². The second-order valence-electron chi connectivity index (χ2n) is 5.04. The largest absolute Gasteiger partial charge is 0.355 e. The topological polar surface area (TPSA) is 67.2 Å². The Balaban J connectivity index is 1.94. The minimum atomic E-state index is -0.120. The van der Waals surface area contributed by atoms with Crippen LogP contribution in [0, 0.1) is 0 Å². The molecule has 0 unspecified atom stereocenters. The summed E-state index contributed by atoms with van der Waals surface area (Å²) in [7, 11) is 0. The van der Waals surface area contributed by atoms with Crippen LogP contribution in [0.3, 0.4) is 0 Å². The molecule has 0 aliphatic rings. The predicted molar refractivity (Wildman–Crippen MR) is 85.3 cm³/mol. The smallest absolute Gasteiger partial charge is 0.239 e. The maximum atomic E-state index is 12.3. The van der Waals surface area contributed by atoms with Gasteiger partial charge < -0.3 is 14.8 Å². The molecule has 2 rings (SSSR count). The third-order valence-electron chi connectivity index (χ3n) is 3.54. The van der Waals surface area contributed by atoms with Gasteiger partial charge in [-0.2, -0.15) is 0 Å². The van der Waals surface area contributed by atoms with Gasteiger partial charge in [-0.3, -0.25) is 9.59 Å². The summed E-state index contributed by atoms with van der Waals surface area (Å²) in [5.74, 6) is -0.141. The Labute approximate surface area is 130 Å². The molecule has 1 aromatic carbocycles. The Hall–Kier alpha value is -2.37. The standard InChI is InChI=1S/C16H22N4O2/c1-3-17-15(21)11-19(4-2)16(22)9-10-20-12-18-13-7-5-6-8-14(13)20/h5-8,12H,3-4,9-11H2,1-2H3,(H,17,21). The summed E-state index contributed by atoms with van der Waals surface area (Å²) in [6.45, 7) is 5.52. The monoisotopic (exact) mass is 302 g/mol. The van der Waals surface area contributed by atoms with Gasteiger partial charge >= 0.3 is 0 Å². The third kappa shape index (κ3) is 3.84. The second kappa shape index (κ2) is 7.59. The van der Waals surface area contributed by atoms with Crippen molar-refractivity contribution < 1.29 is 9.59 Å². The van der Waals surface area contributed by atoms with Crippen molar-refractivity contribution in [3.8, 4) is 0 Å². The average molecular weight is 302 g/mol. The molecule has 0 fully saturated rings. The van der Waals surface area contributed by atoms with Crippen molar-refractivity contribution >= 4 is 22.8 Å². The van der Waals surface area contributed by atoms with E-state index in [1.54, 1.807) is 11.2 Å². The van der Waals surface area contributed by atoms with Crippen LogP contribution in [-0.2, 0) is 16.1 Å². The highest BCUT2D eigenvalue weighted by molar-refractivity contribution is 5.84. The Kier molecular flexibility index (Phi) is 5.52. The van der Waals surface area contributed by atoms with E-state index in [2.05, 4.69) is 10.3 Å². The molecule has 0 aliphatic carbocycles. The molecule has 22 heavy (non-hydrogen) atoms. The number of benzene rings is 1. The minimum Gasteiger partial charge on any atom is -0.355 e. The zero-order chi connectivity index (χ0) is 15.9. The summed E-state index contributed by atoms with van der Waals surface area (Å²) in [5.41, 5.74) is 1.94. The third-order valence-corrected chi connectivity index (χ3v) is 3.54. The number of hydrogen-bond acceptors (Lipinski definition) is 3. The van der Waals surface area contributed by atoms with Gasteiger partial charge in [0, 0.05) is 26.1 Å². The van der Waals surface area contributed by atoms with Crippen LogP contribution in [0.2, 0.25) is 0 Å². The number of hydrogen-bond donors (Lipinski definition) is 1. The van der Waals surface area contributed by atoms with Gasteiger partial charge in [-0.25, -0.2) is 4.98 Å². The number of aromatic nitrogens is 2. The molecule has 0 spiro atoms. The van der Waals surface area contributed by atoms with E-state index in [9.17, 15) is 9.59 Å². The van der Waals surface area contributed by atoms with E-state index in [0.29, 0.717) is 26.1 Å². The van der Waals surface area contributed by atoms with Gasteiger partial charge in [-0.05, 0) is 26.0 Å². The fraction of sp³-hybridized carbons (Fsp3) is 0.438. The van der Waals surface area contributed by atoms with Crippen molar-refractivity contribution in [2.45, 2.75) is 26.8 Å². The summed E-state index contributed by atoms with van der Waals surface area (Å²) < 4.78 is 1.97. The number of carbonyl (C=O) groups excluding carboxylic acids is 2. The maximum Gasteiger partial charge on any atom is 0.239 e. The molecule has 1 aromatic heterocycles.